The van der Waals surface area contributed by atoms with Crippen molar-refractivity contribution in [2.75, 3.05) is 6.54 Å². The molecule has 11 heteroatoms. The largest absolute Gasteiger partial charge is 0.475 e. The van der Waals surface area contributed by atoms with E-state index < -0.39 is 52.4 Å². The van der Waals surface area contributed by atoms with Crippen molar-refractivity contribution in [1.29, 1.82) is 0 Å². The third kappa shape index (κ3) is 6.23. The van der Waals surface area contributed by atoms with Crippen LogP contribution in [0.2, 0.25) is 0 Å². The van der Waals surface area contributed by atoms with Crippen molar-refractivity contribution in [2.24, 2.45) is 5.92 Å². The smallest absolute Gasteiger partial charge is 0.426 e. The molecule has 0 spiro atoms. The average molecular weight is 529 g/mol. The maximum Gasteiger partial charge on any atom is 0.475 e. The summed E-state index contributed by atoms with van der Waals surface area (Å²) < 4.78 is 29.6. The Morgan fingerprint density at radius 1 is 1.14 bits per heavy atom. The minimum Gasteiger partial charge on any atom is -0.426 e. The van der Waals surface area contributed by atoms with E-state index in [2.05, 4.69) is 10.0 Å². The number of hydrogen-bond donors (Lipinski definition) is 4. The molecule has 0 aromatic heterocycles. The predicted molar refractivity (Wildman–Crippen MR) is 142 cm³/mol. The van der Waals surface area contributed by atoms with Gasteiger partial charge >= 0.3 is 7.12 Å². The van der Waals surface area contributed by atoms with Crippen LogP contribution in [0.5, 0.6) is 0 Å². The number of nitrogens with one attached hydrogen (secondary N) is 2. The number of amides is 2. The van der Waals surface area contributed by atoms with Gasteiger partial charge in [0.25, 0.3) is 0 Å². The number of likely N-dealkylation sites (tertiary alicyclic amines) is 1. The molecule has 2 unspecified atom stereocenters. The van der Waals surface area contributed by atoms with Gasteiger partial charge < -0.3 is 20.3 Å². The Hall–Kier alpha value is -2.73. The lowest BCUT2D eigenvalue weighted by Crippen LogP contribution is -2.66. The summed E-state index contributed by atoms with van der Waals surface area (Å²) in [5.74, 6) is -2.40. The van der Waals surface area contributed by atoms with Gasteiger partial charge in [-0.2, -0.15) is 4.72 Å². The average Bonchev–Trinajstić information content (AvgIpc) is 2.85. The van der Waals surface area contributed by atoms with E-state index in [-0.39, 0.29) is 24.3 Å². The van der Waals surface area contributed by atoms with Crippen molar-refractivity contribution in [3.63, 3.8) is 0 Å². The minimum absolute atomic E-state index is 0.0671. The molecule has 1 saturated heterocycles. The molecule has 3 atom stereocenters. The van der Waals surface area contributed by atoms with Gasteiger partial charge in [0.2, 0.25) is 21.8 Å². The van der Waals surface area contributed by atoms with Crippen molar-refractivity contribution < 1.29 is 28.1 Å². The topological polar surface area (TPSA) is 136 Å². The second-order valence-electron chi connectivity index (χ2n) is 9.90. The first-order chi connectivity index (χ1) is 17.4. The van der Waals surface area contributed by atoms with Crippen LogP contribution < -0.4 is 10.0 Å². The number of aryl methyl sites for hydroxylation is 1. The number of piperidine rings is 1. The van der Waals surface area contributed by atoms with Gasteiger partial charge in [0.05, 0.1) is 10.8 Å². The summed E-state index contributed by atoms with van der Waals surface area (Å²) in [5.41, 5.74) is -0.151. The second-order valence-corrected chi connectivity index (χ2v) is 11.6. The van der Waals surface area contributed by atoms with Crippen LogP contribution in [-0.2, 0) is 19.6 Å². The lowest BCUT2D eigenvalue weighted by molar-refractivity contribution is -0.150. The molecule has 1 heterocycles. The first-order valence-corrected chi connectivity index (χ1v) is 14.0. The molecule has 1 fully saturated rings. The number of benzene rings is 2. The molecule has 200 valence electrons. The highest BCUT2D eigenvalue weighted by atomic mass is 32.2. The van der Waals surface area contributed by atoms with E-state index in [1.807, 2.05) is 0 Å². The Kier molecular flexibility index (Phi) is 9.17. The van der Waals surface area contributed by atoms with E-state index in [0.717, 1.165) is 5.56 Å². The molecule has 2 aromatic rings. The first kappa shape index (κ1) is 28.8. The summed E-state index contributed by atoms with van der Waals surface area (Å²) in [6, 6.07) is 14.1. The molecular weight excluding hydrogens is 493 g/mol. The van der Waals surface area contributed by atoms with E-state index in [4.69, 9.17) is 0 Å². The molecule has 2 aromatic carbocycles. The Bertz CT molecular complexity index is 1210. The van der Waals surface area contributed by atoms with Crippen LogP contribution in [0.4, 0.5) is 0 Å². The van der Waals surface area contributed by atoms with Gasteiger partial charge in [0, 0.05) is 6.54 Å². The highest BCUT2D eigenvalue weighted by Gasteiger charge is 2.51. The Morgan fingerprint density at radius 2 is 1.81 bits per heavy atom. The van der Waals surface area contributed by atoms with Gasteiger partial charge in [0.15, 0.2) is 0 Å². The summed E-state index contributed by atoms with van der Waals surface area (Å²) in [6.07, 6.45) is 1.02. The van der Waals surface area contributed by atoms with Crippen LogP contribution in [0.25, 0.3) is 0 Å². The van der Waals surface area contributed by atoms with Crippen molar-refractivity contribution in [3.8, 4) is 0 Å². The lowest BCUT2D eigenvalue weighted by Gasteiger charge is -2.46. The van der Waals surface area contributed by atoms with Crippen LogP contribution in [0.15, 0.2) is 59.5 Å². The van der Waals surface area contributed by atoms with E-state index in [0.29, 0.717) is 12.0 Å². The quantitative estimate of drug-likeness (QED) is 0.348. The molecule has 0 bridgehead atoms. The molecule has 2 amide bonds. The fraction of sp³-hybridized carbons (Fsp3) is 0.462. The van der Waals surface area contributed by atoms with E-state index in [1.165, 1.54) is 11.0 Å². The van der Waals surface area contributed by atoms with E-state index >= 15 is 0 Å². The fourth-order valence-electron chi connectivity index (χ4n) is 4.83. The number of hydrogen-bond acceptors (Lipinski definition) is 6. The molecule has 1 aliphatic rings. The number of rotatable bonds is 10. The fourth-order valence-corrected chi connectivity index (χ4v) is 6.45. The predicted octanol–water partition coefficient (Wildman–Crippen LogP) is 1.94. The van der Waals surface area contributed by atoms with Gasteiger partial charge in [-0.05, 0) is 55.4 Å². The number of sulfonamides is 1. The van der Waals surface area contributed by atoms with Gasteiger partial charge in [0.1, 0.15) is 11.6 Å². The molecule has 3 rings (SSSR count). The highest BCUT2D eigenvalue weighted by Crippen LogP contribution is 2.36. The molecule has 9 nitrogen and oxygen atoms in total. The maximum atomic E-state index is 14.2. The van der Waals surface area contributed by atoms with Gasteiger partial charge in [-0.1, -0.05) is 63.2 Å². The first-order valence-electron chi connectivity index (χ1n) is 12.6. The molecule has 1 aliphatic heterocycles. The summed E-state index contributed by atoms with van der Waals surface area (Å²) in [5, 5.41) is 22.0. The van der Waals surface area contributed by atoms with Gasteiger partial charge in [-0.15, -0.1) is 0 Å². The Morgan fingerprint density at radius 3 is 2.38 bits per heavy atom. The number of carbonyl (C=O) groups is 2. The Labute approximate surface area is 219 Å². The van der Waals surface area contributed by atoms with Crippen molar-refractivity contribution in [2.45, 2.75) is 69.4 Å². The van der Waals surface area contributed by atoms with Crippen LogP contribution in [-0.4, -0.2) is 60.3 Å². The zero-order chi connectivity index (χ0) is 27.4. The number of nitrogens with zero attached hydrogens (tertiary/aromatic N) is 1. The minimum atomic E-state index is -4.05. The lowest BCUT2D eigenvalue weighted by atomic mass is 9.77. The standard InChI is InChI=1S/C26H36BN3O6S/c1-5-22(27(33)34)28-24(31)23(20-12-7-6-8-13-20)30-16-10-15-26(18(2)3,25(30)32)29-37(35,36)21-14-9-11-19(4)17-21/h6-9,11-14,17-18,22-23,29,33-34H,5,10,15-16H2,1-4H3,(H,28,31)/t22-,23?,26?/m0/s1. The molecule has 0 radical (unpaired) electrons. The van der Waals surface area contributed by atoms with Gasteiger partial charge in [-0.3, -0.25) is 9.59 Å². The molecule has 0 aliphatic carbocycles. The van der Waals surface area contributed by atoms with Crippen LogP contribution in [0.1, 0.15) is 57.2 Å². The monoisotopic (exact) mass is 529 g/mol. The molecular formula is C26H36BN3O6S. The zero-order valence-electron chi connectivity index (χ0n) is 21.7. The third-order valence-corrected chi connectivity index (χ3v) is 8.52. The Balaban J connectivity index is 2.03. The van der Waals surface area contributed by atoms with Crippen molar-refractivity contribution in [3.05, 3.63) is 65.7 Å². The molecule has 37 heavy (non-hydrogen) atoms. The SMILES string of the molecule is CC[C@H](NC(=O)C(c1ccccc1)N1CCCC(NS(=O)(=O)c2cccc(C)c2)(C(C)C)C1=O)B(O)O. The van der Waals surface area contributed by atoms with Crippen molar-refractivity contribution >= 4 is 29.0 Å². The highest BCUT2D eigenvalue weighted by molar-refractivity contribution is 7.89. The molecule has 4 N–H and O–H groups in total. The second kappa shape index (κ2) is 11.8. The van der Waals surface area contributed by atoms with Crippen LogP contribution in [0.3, 0.4) is 0 Å². The maximum absolute atomic E-state index is 14.2. The summed E-state index contributed by atoms with van der Waals surface area (Å²) >= 11 is 0. The van der Waals surface area contributed by atoms with E-state index in [9.17, 15) is 28.1 Å². The van der Waals surface area contributed by atoms with Crippen LogP contribution >= 0.6 is 0 Å². The zero-order valence-corrected chi connectivity index (χ0v) is 22.5. The summed E-state index contributed by atoms with van der Waals surface area (Å²) in [7, 11) is -5.82. The molecule has 0 saturated carbocycles. The normalized spacial score (nSPS) is 20.0. The summed E-state index contributed by atoms with van der Waals surface area (Å²) in [6.45, 7) is 7.31. The van der Waals surface area contributed by atoms with Gasteiger partial charge in [-0.25, -0.2) is 8.42 Å². The van der Waals surface area contributed by atoms with Crippen LogP contribution in [0, 0.1) is 12.8 Å². The third-order valence-electron chi connectivity index (χ3n) is 7.02. The van der Waals surface area contributed by atoms with Crippen molar-refractivity contribution in [1.82, 2.24) is 14.9 Å². The number of carbonyl (C=O) groups excluding carboxylic acids is 2. The van der Waals surface area contributed by atoms with E-state index in [1.54, 1.807) is 76.2 Å². The summed E-state index contributed by atoms with van der Waals surface area (Å²) in [4.78, 5) is 29.2.